The molecule has 0 spiro atoms. The third kappa shape index (κ3) is 2.92. The van der Waals surface area contributed by atoms with Crippen molar-refractivity contribution in [2.45, 2.75) is 51.0 Å². The molecule has 0 aliphatic carbocycles. The molecule has 3 aliphatic heterocycles. The molecular formula is C12H23N2O. The molecule has 15 heavy (non-hydrogen) atoms. The SMILES string of the molecule is C1CCC[N]CC1.[O-][N+]12CCCC1CC2. The number of nitrogens with zero attached hydrogens (tertiary/aromatic N) is 2. The highest BCUT2D eigenvalue weighted by molar-refractivity contribution is 4.76. The molecule has 3 saturated heterocycles. The molecule has 3 heteroatoms. The zero-order valence-corrected chi connectivity index (χ0v) is 9.66. The highest BCUT2D eigenvalue weighted by atomic mass is 16.6. The zero-order valence-electron chi connectivity index (χ0n) is 9.66. The predicted molar refractivity (Wildman–Crippen MR) is 61.3 cm³/mol. The predicted octanol–water partition coefficient (Wildman–Crippen LogP) is 2.03. The molecular weight excluding hydrogens is 188 g/mol. The first-order valence-electron chi connectivity index (χ1n) is 6.52. The van der Waals surface area contributed by atoms with Crippen molar-refractivity contribution in [2.24, 2.45) is 0 Å². The van der Waals surface area contributed by atoms with Crippen LogP contribution >= 0.6 is 0 Å². The molecule has 0 saturated carbocycles. The number of rotatable bonds is 0. The monoisotopic (exact) mass is 211 g/mol. The Morgan fingerprint density at radius 1 is 0.867 bits per heavy atom. The summed E-state index contributed by atoms with van der Waals surface area (Å²) in [5.41, 5.74) is 0. The number of quaternary nitrogens is 1. The Labute approximate surface area is 93.0 Å². The van der Waals surface area contributed by atoms with E-state index in [1.54, 1.807) is 0 Å². The quantitative estimate of drug-likeness (QED) is 0.446. The average molecular weight is 211 g/mol. The Balaban J connectivity index is 0.000000115. The van der Waals surface area contributed by atoms with Crippen LogP contribution in [0.5, 0.6) is 0 Å². The standard InChI is InChI=1S/C6H11NO.C6H12N/c8-7-4-1-2-6(7)3-5-7;1-2-4-6-7-5-3-1/h6H,1-5H2;1-6H2. The molecule has 0 aromatic carbocycles. The first-order valence-corrected chi connectivity index (χ1v) is 6.52. The van der Waals surface area contributed by atoms with Gasteiger partial charge in [-0.25, -0.2) is 5.32 Å². The molecule has 87 valence electrons. The topological polar surface area (TPSA) is 37.2 Å². The van der Waals surface area contributed by atoms with Crippen LogP contribution in [0, 0.1) is 5.21 Å². The van der Waals surface area contributed by atoms with E-state index in [9.17, 15) is 5.21 Å². The van der Waals surface area contributed by atoms with E-state index < -0.39 is 0 Å². The van der Waals surface area contributed by atoms with Gasteiger partial charge < -0.3 is 9.85 Å². The summed E-state index contributed by atoms with van der Waals surface area (Å²) in [6.07, 6.45) is 9.05. The maximum atomic E-state index is 11.3. The average Bonchev–Trinajstić information content (AvgIpc) is 2.54. The second-order valence-electron chi connectivity index (χ2n) is 5.07. The van der Waals surface area contributed by atoms with Gasteiger partial charge in [-0.3, -0.25) is 0 Å². The van der Waals surface area contributed by atoms with Crippen molar-refractivity contribution in [3.63, 3.8) is 0 Å². The Bertz CT molecular complexity index is 178. The summed E-state index contributed by atoms with van der Waals surface area (Å²) in [6.45, 7) is 4.06. The third-order valence-corrected chi connectivity index (χ3v) is 3.96. The molecule has 3 nitrogen and oxygen atoms in total. The molecule has 2 atom stereocenters. The number of hydroxylamine groups is 3. The van der Waals surface area contributed by atoms with Gasteiger partial charge in [0.1, 0.15) is 0 Å². The second-order valence-corrected chi connectivity index (χ2v) is 5.07. The van der Waals surface area contributed by atoms with Crippen molar-refractivity contribution in [3.05, 3.63) is 5.21 Å². The van der Waals surface area contributed by atoms with Gasteiger partial charge in [0.05, 0.1) is 19.1 Å². The summed E-state index contributed by atoms with van der Waals surface area (Å²) in [4.78, 5) is 0. The van der Waals surface area contributed by atoms with Crippen LogP contribution in [-0.4, -0.2) is 36.9 Å². The van der Waals surface area contributed by atoms with Gasteiger partial charge in [-0.05, 0) is 12.8 Å². The van der Waals surface area contributed by atoms with E-state index in [2.05, 4.69) is 5.32 Å². The van der Waals surface area contributed by atoms with Gasteiger partial charge in [-0.15, -0.1) is 0 Å². The van der Waals surface area contributed by atoms with Gasteiger partial charge in [0.15, 0.2) is 0 Å². The van der Waals surface area contributed by atoms with Gasteiger partial charge in [-0.2, -0.15) is 0 Å². The fourth-order valence-electron chi connectivity index (χ4n) is 2.78. The Hall–Kier alpha value is -0.120. The van der Waals surface area contributed by atoms with Crippen LogP contribution in [0.4, 0.5) is 0 Å². The fraction of sp³-hybridized carbons (Fsp3) is 1.00. The van der Waals surface area contributed by atoms with Crippen molar-refractivity contribution in [1.29, 1.82) is 0 Å². The summed E-state index contributed by atoms with van der Waals surface area (Å²) < 4.78 is 0.167. The summed E-state index contributed by atoms with van der Waals surface area (Å²) in [5, 5.41) is 15.5. The Morgan fingerprint density at radius 2 is 1.60 bits per heavy atom. The van der Waals surface area contributed by atoms with E-state index in [1.165, 1.54) is 44.9 Å². The molecule has 0 amide bonds. The number of fused-ring (bicyclic) bond motifs is 1. The maximum absolute atomic E-state index is 11.3. The molecule has 2 unspecified atom stereocenters. The van der Waals surface area contributed by atoms with Crippen molar-refractivity contribution in [1.82, 2.24) is 5.32 Å². The Morgan fingerprint density at radius 3 is 2.00 bits per heavy atom. The van der Waals surface area contributed by atoms with Gasteiger partial charge >= 0.3 is 0 Å². The molecule has 3 aliphatic rings. The van der Waals surface area contributed by atoms with Crippen molar-refractivity contribution in [3.8, 4) is 0 Å². The lowest BCUT2D eigenvalue weighted by atomic mass is 10.0. The molecule has 0 bridgehead atoms. The first kappa shape index (κ1) is 11.4. The molecule has 0 aromatic heterocycles. The van der Waals surface area contributed by atoms with Gasteiger partial charge in [0, 0.05) is 32.4 Å². The van der Waals surface area contributed by atoms with Crippen LogP contribution in [-0.2, 0) is 0 Å². The Kier molecular flexibility index (Phi) is 4.00. The van der Waals surface area contributed by atoms with Crippen LogP contribution < -0.4 is 5.32 Å². The maximum Gasteiger partial charge on any atom is 0.0944 e. The van der Waals surface area contributed by atoms with Crippen LogP contribution in [0.3, 0.4) is 0 Å². The molecule has 0 aromatic rings. The molecule has 3 fully saturated rings. The zero-order chi connectivity index (χ0) is 10.6. The molecule has 3 heterocycles. The lowest BCUT2D eigenvalue weighted by Crippen LogP contribution is -2.56. The summed E-state index contributed by atoms with van der Waals surface area (Å²) >= 11 is 0. The van der Waals surface area contributed by atoms with E-state index >= 15 is 0 Å². The lowest BCUT2D eigenvalue weighted by molar-refractivity contribution is -0.932. The van der Waals surface area contributed by atoms with Crippen molar-refractivity contribution >= 4 is 0 Å². The largest absolute Gasteiger partial charge is 0.633 e. The van der Waals surface area contributed by atoms with Crippen molar-refractivity contribution in [2.75, 3.05) is 26.2 Å². The highest BCUT2D eigenvalue weighted by Crippen LogP contribution is 2.36. The summed E-state index contributed by atoms with van der Waals surface area (Å²) in [5.74, 6) is 0. The molecule has 0 N–H and O–H groups in total. The lowest BCUT2D eigenvalue weighted by Gasteiger charge is -2.52. The summed E-state index contributed by atoms with van der Waals surface area (Å²) in [7, 11) is 0. The van der Waals surface area contributed by atoms with E-state index in [-0.39, 0.29) is 4.65 Å². The van der Waals surface area contributed by atoms with Crippen LogP contribution in [0.15, 0.2) is 0 Å². The smallest absolute Gasteiger partial charge is 0.0944 e. The summed E-state index contributed by atoms with van der Waals surface area (Å²) in [6, 6.07) is 0.523. The minimum absolute atomic E-state index is 0.167. The van der Waals surface area contributed by atoms with Crippen LogP contribution in [0.1, 0.15) is 44.9 Å². The van der Waals surface area contributed by atoms with E-state index in [0.717, 1.165) is 26.2 Å². The normalized spacial score (nSPS) is 39.4. The van der Waals surface area contributed by atoms with E-state index in [0.29, 0.717) is 6.04 Å². The van der Waals surface area contributed by atoms with Crippen molar-refractivity contribution < 1.29 is 4.65 Å². The second kappa shape index (κ2) is 5.28. The minimum Gasteiger partial charge on any atom is -0.633 e. The van der Waals surface area contributed by atoms with Crippen LogP contribution in [0.25, 0.3) is 0 Å². The van der Waals surface area contributed by atoms with E-state index in [4.69, 9.17) is 0 Å². The fourth-order valence-corrected chi connectivity index (χ4v) is 2.78. The minimum atomic E-state index is 0.167. The highest BCUT2D eigenvalue weighted by Gasteiger charge is 2.42. The van der Waals surface area contributed by atoms with E-state index in [1.807, 2.05) is 0 Å². The first-order chi connectivity index (χ1) is 7.31. The van der Waals surface area contributed by atoms with Gasteiger partial charge in [-0.1, -0.05) is 12.8 Å². The third-order valence-electron chi connectivity index (χ3n) is 3.96. The molecule has 1 radical (unpaired) electrons. The van der Waals surface area contributed by atoms with Gasteiger partial charge in [0.2, 0.25) is 0 Å². The number of hydrogen-bond acceptors (Lipinski definition) is 1. The molecule has 3 rings (SSSR count). The van der Waals surface area contributed by atoms with Crippen LogP contribution in [0.2, 0.25) is 0 Å². The number of hydrogen-bond donors (Lipinski definition) is 0. The van der Waals surface area contributed by atoms with Gasteiger partial charge in [0.25, 0.3) is 0 Å².